The van der Waals surface area contributed by atoms with Crippen LogP contribution in [0.25, 0.3) is 0 Å². The van der Waals surface area contributed by atoms with Crippen LogP contribution < -0.4 is 23.1 Å². The molecule has 0 fully saturated rings. The molecule has 1 heterocycles. The topological polar surface area (TPSA) is 78.1 Å². The van der Waals surface area contributed by atoms with Crippen LogP contribution in [0.4, 0.5) is 0 Å². The van der Waals surface area contributed by atoms with E-state index in [1.807, 2.05) is 53.4 Å². The first-order valence-corrected chi connectivity index (χ1v) is 16.3. The predicted octanol–water partition coefficient (Wildman–Crippen LogP) is 8.66. The molecule has 7 nitrogen and oxygen atoms in total. The van der Waals surface area contributed by atoms with Crippen molar-refractivity contribution in [3.8, 4) is 28.7 Å². The molecule has 3 aromatic rings. The summed E-state index contributed by atoms with van der Waals surface area (Å²) in [5.41, 5.74) is 1.00. The van der Waals surface area contributed by atoms with Crippen LogP contribution in [0.15, 0.2) is 67.0 Å². The average Bonchev–Trinajstić information content (AvgIpc) is 2.97. The molecular weight excluding hydrogens is 537 g/mol. The fourth-order valence-corrected chi connectivity index (χ4v) is 5.43. The van der Waals surface area contributed by atoms with Crippen molar-refractivity contribution in [1.82, 2.24) is 0 Å². The van der Waals surface area contributed by atoms with E-state index in [4.69, 9.17) is 18.5 Å². The highest BCUT2D eigenvalue weighted by atomic mass is 31.1. The Kier molecular flexibility index (Phi) is 15.0. The molecule has 41 heavy (non-hydrogen) atoms. The van der Waals surface area contributed by atoms with Crippen LogP contribution in [-0.4, -0.2) is 18.8 Å². The minimum absolute atomic E-state index is 0.0557. The van der Waals surface area contributed by atoms with Crippen molar-refractivity contribution in [2.45, 2.75) is 90.5 Å². The van der Waals surface area contributed by atoms with Crippen molar-refractivity contribution in [3.63, 3.8) is 0 Å². The molecule has 0 radical (unpaired) electrons. The highest BCUT2D eigenvalue weighted by Gasteiger charge is 2.19. The largest absolute Gasteiger partial charge is 0.504 e. The first-order valence-electron chi connectivity index (χ1n) is 15.1. The normalized spacial score (nSPS) is 11.7. The Balaban J connectivity index is 1.42. The lowest BCUT2D eigenvalue weighted by molar-refractivity contribution is -0.688. The maximum Gasteiger partial charge on any atom is 0.419 e. The molecule has 0 aliphatic rings. The molecule has 0 saturated heterocycles. The van der Waals surface area contributed by atoms with Crippen LogP contribution in [-0.2, 0) is 11.1 Å². The third kappa shape index (κ3) is 12.1. The highest BCUT2D eigenvalue weighted by molar-refractivity contribution is 7.34. The molecule has 0 aliphatic carbocycles. The van der Waals surface area contributed by atoms with Crippen LogP contribution in [0.5, 0.6) is 28.7 Å². The molecule has 224 valence electrons. The van der Waals surface area contributed by atoms with E-state index in [2.05, 4.69) is 6.92 Å². The van der Waals surface area contributed by atoms with E-state index in [1.165, 1.54) is 83.5 Å². The number of hydrogen-bond acceptors (Lipinski definition) is 6. The Bertz CT molecular complexity index is 1170. The quantitative estimate of drug-likeness (QED) is 0.0767. The smallest absolute Gasteiger partial charge is 0.419 e. The number of phenols is 1. The summed E-state index contributed by atoms with van der Waals surface area (Å²) in [6, 6.07) is 16.3. The Labute approximate surface area is 246 Å². The molecule has 1 N–H and O–H groups in total. The fraction of sp³-hybridized carbons (Fsp3) is 0.485. The first-order chi connectivity index (χ1) is 20.1. The van der Waals surface area contributed by atoms with Gasteiger partial charge in [-0.2, -0.15) is 0 Å². The van der Waals surface area contributed by atoms with Gasteiger partial charge in [-0.25, -0.2) is 9.13 Å². The van der Waals surface area contributed by atoms with Gasteiger partial charge in [-0.3, -0.25) is 0 Å². The molecular formula is C33H47NO6P+. The second-order valence-corrected chi connectivity index (χ2v) is 11.2. The van der Waals surface area contributed by atoms with Crippen molar-refractivity contribution in [2.75, 3.05) is 13.7 Å². The Morgan fingerprint density at radius 1 is 0.756 bits per heavy atom. The van der Waals surface area contributed by atoms with Crippen LogP contribution in [0, 0.1) is 0 Å². The summed E-state index contributed by atoms with van der Waals surface area (Å²) in [7, 11) is -1.51. The average molecular weight is 585 g/mol. The second kappa shape index (κ2) is 19.0. The summed E-state index contributed by atoms with van der Waals surface area (Å²) < 4.78 is 37.4. The minimum atomic E-state index is -2.97. The summed E-state index contributed by atoms with van der Waals surface area (Å²) in [6.07, 6.45) is 19.1. The van der Waals surface area contributed by atoms with Crippen LogP contribution >= 0.6 is 8.25 Å². The van der Waals surface area contributed by atoms with Gasteiger partial charge in [0.1, 0.15) is 5.75 Å². The summed E-state index contributed by atoms with van der Waals surface area (Å²) in [5, 5.41) is 10.4. The van der Waals surface area contributed by atoms with Gasteiger partial charge in [0.2, 0.25) is 11.5 Å². The van der Waals surface area contributed by atoms with Gasteiger partial charge < -0.3 is 23.6 Å². The van der Waals surface area contributed by atoms with Crippen molar-refractivity contribution in [2.24, 2.45) is 0 Å². The standard InChI is InChI=1S/C33H46NO6P/c1-3-4-5-6-7-8-9-10-11-12-13-17-25-38-32-30(35)21-22-31(33(32)37-2)40-41(36)39-29-20-18-19-28(26-29)27-34-23-15-14-16-24-34/h14-16,18-24,26,41H,3-13,17,25,27H2,1-2H3/p+1. The first kappa shape index (κ1) is 32.3. The molecule has 0 saturated carbocycles. The van der Waals surface area contributed by atoms with Gasteiger partial charge in [0.15, 0.2) is 30.4 Å². The molecule has 1 atom stereocenters. The monoisotopic (exact) mass is 584 g/mol. The molecule has 0 bridgehead atoms. The summed E-state index contributed by atoms with van der Waals surface area (Å²) in [4.78, 5) is 0. The van der Waals surface area contributed by atoms with Crippen LogP contribution in [0.2, 0.25) is 0 Å². The highest BCUT2D eigenvalue weighted by Crippen LogP contribution is 2.46. The number of aromatic hydroxyl groups is 1. The second-order valence-electron chi connectivity index (χ2n) is 10.3. The van der Waals surface area contributed by atoms with Gasteiger partial charge >= 0.3 is 8.25 Å². The van der Waals surface area contributed by atoms with Gasteiger partial charge in [0.25, 0.3) is 0 Å². The number of rotatable bonds is 21. The maximum absolute atomic E-state index is 12.8. The summed E-state index contributed by atoms with van der Waals surface area (Å²) in [5.74, 6) is 0.962. The third-order valence-electron chi connectivity index (χ3n) is 6.94. The number of pyridine rings is 1. The van der Waals surface area contributed by atoms with E-state index in [9.17, 15) is 9.67 Å². The number of phenolic OH excluding ortho intramolecular Hbond substituents is 1. The van der Waals surface area contributed by atoms with E-state index in [0.717, 1.165) is 18.4 Å². The van der Waals surface area contributed by atoms with Crippen molar-refractivity contribution < 1.29 is 32.8 Å². The lowest BCUT2D eigenvalue weighted by atomic mass is 10.1. The number of benzene rings is 2. The van der Waals surface area contributed by atoms with E-state index >= 15 is 0 Å². The predicted molar refractivity (Wildman–Crippen MR) is 164 cm³/mol. The molecule has 1 unspecified atom stereocenters. The third-order valence-corrected chi connectivity index (χ3v) is 7.73. The molecule has 0 spiro atoms. The molecule has 0 amide bonds. The lowest BCUT2D eigenvalue weighted by Gasteiger charge is -2.16. The zero-order valence-corrected chi connectivity index (χ0v) is 25.7. The fourth-order valence-electron chi connectivity index (χ4n) is 4.73. The van der Waals surface area contributed by atoms with Gasteiger partial charge in [-0.1, -0.05) is 95.8 Å². The van der Waals surface area contributed by atoms with Gasteiger partial charge in [0, 0.05) is 17.7 Å². The van der Waals surface area contributed by atoms with Crippen molar-refractivity contribution in [1.29, 1.82) is 0 Å². The maximum atomic E-state index is 12.8. The minimum Gasteiger partial charge on any atom is -0.504 e. The molecule has 3 rings (SSSR count). The molecule has 8 heteroatoms. The van der Waals surface area contributed by atoms with Crippen molar-refractivity contribution in [3.05, 3.63) is 72.6 Å². The number of unbranched alkanes of at least 4 members (excludes halogenated alkanes) is 11. The zero-order chi connectivity index (χ0) is 29.1. The number of methoxy groups -OCH3 is 1. The van der Waals surface area contributed by atoms with Gasteiger partial charge in [0.05, 0.1) is 13.7 Å². The summed E-state index contributed by atoms with van der Waals surface area (Å²) >= 11 is 0. The number of ether oxygens (including phenoxy) is 2. The SMILES string of the molecule is CCCCCCCCCCCCCCOc1c(O)ccc(O[PH](=O)Oc2cccc(C[n+]3ccccc3)c2)c1OC. The Hall–Kier alpha value is -3.18. The molecule has 2 aromatic carbocycles. The van der Waals surface area contributed by atoms with Crippen LogP contribution in [0.3, 0.4) is 0 Å². The summed E-state index contributed by atoms with van der Waals surface area (Å²) in [6.45, 7) is 3.36. The number of nitrogens with zero attached hydrogens (tertiary/aromatic N) is 1. The van der Waals surface area contributed by atoms with E-state index in [0.29, 0.717) is 18.9 Å². The number of aromatic nitrogens is 1. The van der Waals surface area contributed by atoms with Crippen molar-refractivity contribution >= 4 is 8.25 Å². The number of hydrogen-bond donors (Lipinski definition) is 1. The van der Waals surface area contributed by atoms with Gasteiger partial charge in [-0.05, 0) is 30.7 Å². The Morgan fingerprint density at radius 2 is 1.41 bits per heavy atom. The van der Waals surface area contributed by atoms with E-state index < -0.39 is 8.25 Å². The molecule has 0 aliphatic heterocycles. The van der Waals surface area contributed by atoms with Crippen LogP contribution in [0.1, 0.15) is 89.5 Å². The van der Waals surface area contributed by atoms with Gasteiger partial charge in [-0.15, -0.1) is 0 Å². The Morgan fingerprint density at radius 3 is 2.07 bits per heavy atom. The molecule has 1 aromatic heterocycles. The van der Waals surface area contributed by atoms with E-state index in [-0.39, 0.29) is 23.0 Å². The lowest BCUT2D eigenvalue weighted by Crippen LogP contribution is -2.32. The zero-order valence-electron chi connectivity index (χ0n) is 24.7. The van der Waals surface area contributed by atoms with E-state index in [1.54, 1.807) is 6.07 Å².